The van der Waals surface area contributed by atoms with Crippen molar-refractivity contribution < 1.29 is 19.4 Å². The maximum Gasteiger partial charge on any atom is 0.340 e. The first-order valence-electron chi connectivity index (χ1n) is 9.51. The summed E-state index contributed by atoms with van der Waals surface area (Å²) in [4.78, 5) is 12.4. The number of hydrogen-bond donors (Lipinski definition) is 1. The highest BCUT2D eigenvalue weighted by Gasteiger charge is 2.20. The predicted octanol–water partition coefficient (Wildman–Crippen LogP) is 3.68. The Labute approximate surface area is 178 Å². The van der Waals surface area contributed by atoms with E-state index in [0.29, 0.717) is 24.5 Å². The third-order valence-corrected chi connectivity index (χ3v) is 6.21. The molecule has 0 spiro atoms. The maximum atomic E-state index is 12.4. The summed E-state index contributed by atoms with van der Waals surface area (Å²) in [7, 11) is 1.91. The van der Waals surface area contributed by atoms with Crippen LogP contribution in [0.4, 0.5) is 0 Å². The molecule has 0 bridgehead atoms. The summed E-state index contributed by atoms with van der Waals surface area (Å²) in [6, 6.07) is 5.56. The fraction of sp³-hybridized carbons (Fsp3) is 0.429. The molecule has 1 aromatic carbocycles. The lowest BCUT2D eigenvalue weighted by atomic mass is 10.1. The molecule has 7 nitrogen and oxygen atoms in total. The molecule has 0 amide bonds. The van der Waals surface area contributed by atoms with Gasteiger partial charge in [-0.3, -0.25) is 4.68 Å². The minimum Gasteiger partial charge on any atom is -0.491 e. The molecule has 2 heterocycles. The lowest BCUT2D eigenvalue weighted by molar-refractivity contribution is 0.0527. The van der Waals surface area contributed by atoms with Crippen molar-refractivity contribution in [3.63, 3.8) is 0 Å². The first kappa shape index (κ1) is 21.4. The monoisotopic (exact) mass is 463 g/mol. The zero-order chi connectivity index (χ0) is 21.3. The fourth-order valence-electron chi connectivity index (χ4n) is 3.40. The lowest BCUT2D eigenvalue weighted by Crippen LogP contribution is -2.24. The Hall–Kier alpha value is -2.32. The van der Waals surface area contributed by atoms with Gasteiger partial charge in [-0.25, -0.2) is 4.79 Å². The van der Waals surface area contributed by atoms with Crippen LogP contribution in [0, 0.1) is 20.8 Å². The van der Waals surface area contributed by atoms with Crippen LogP contribution in [0.5, 0.6) is 5.75 Å². The molecule has 0 unspecified atom stereocenters. The Kier molecular flexibility index (Phi) is 6.33. The van der Waals surface area contributed by atoms with Gasteiger partial charge in [0, 0.05) is 29.3 Å². The number of fused-ring (bicyclic) bond motifs is 1. The van der Waals surface area contributed by atoms with Crippen LogP contribution >= 0.6 is 15.9 Å². The number of aliphatic hydroxyl groups excluding tert-OH is 1. The third kappa shape index (κ3) is 4.18. The number of hydrogen-bond acceptors (Lipinski definition) is 5. The maximum absolute atomic E-state index is 12.4. The average Bonchev–Trinajstić information content (AvgIpc) is 3.07. The first-order valence-corrected chi connectivity index (χ1v) is 10.3. The van der Waals surface area contributed by atoms with Crippen molar-refractivity contribution in [1.82, 2.24) is 14.3 Å². The Morgan fingerprint density at radius 1 is 1.28 bits per heavy atom. The molecule has 0 aliphatic heterocycles. The number of halogens is 1. The van der Waals surface area contributed by atoms with E-state index in [1.807, 2.05) is 50.6 Å². The molecule has 0 aliphatic carbocycles. The summed E-state index contributed by atoms with van der Waals surface area (Å²) in [6.07, 6.45) is -0.724. The predicted molar refractivity (Wildman–Crippen MR) is 115 cm³/mol. The summed E-state index contributed by atoms with van der Waals surface area (Å²) < 4.78 is 15.7. The summed E-state index contributed by atoms with van der Waals surface area (Å²) in [5.41, 5.74) is 4.15. The van der Waals surface area contributed by atoms with Crippen molar-refractivity contribution in [3.8, 4) is 5.75 Å². The van der Waals surface area contributed by atoms with E-state index in [9.17, 15) is 9.90 Å². The SMILES string of the molecule is CCOC(=O)c1c(C)n(C)c2ccc(OC[C@H](O)Cn3nc(C)c(Br)c3C)cc12. The molecule has 0 aliphatic rings. The van der Waals surface area contributed by atoms with Crippen LogP contribution in [0.15, 0.2) is 22.7 Å². The van der Waals surface area contributed by atoms with Gasteiger partial charge in [0.15, 0.2) is 0 Å². The first-order chi connectivity index (χ1) is 13.7. The van der Waals surface area contributed by atoms with Crippen LogP contribution in [0.3, 0.4) is 0 Å². The quantitative estimate of drug-likeness (QED) is 0.540. The number of aryl methyl sites for hydroxylation is 2. The molecule has 0 saturated carbocycles. The second kappa shape index (κ2) is 8.59. The van der Waals surface area contributed by atoms with Gasteiger partial charge in [-0.15, -0.1) is 0 Å². The molecule has 0 radical (unpaired) electrons. The third-order valence-electron chi connectivity index (χ3n) is 5.06. The van der Waals surface area contributed by atoms with Crippen LogP contribution in [0.25, 0.3) is 10.9 Å². The summed E-state index contributed by atoms with van der Waals surface area (Å²) in [5.74, 6) is 0.241. The highest BCUT2D eigenvalue weighted by Crippen LogP contribution is 2.29. The van der Waals surface area contributed by atoms with Gasteiger partial charge in [0.25, 0.3) is 0 Å². The second-order valence-corrected chi connectivity index (χ2v) is 7.84. The van der Waals surface area contributed by atoms with Crippen LogP contribution in [-0.4, -0.2) is 44.7 Å². The average molecular weight is 464 g/mol. The van der Waals surface area contributed by atoms with Gasteiger partial charge in [-0.2, -0.15) is 5.10 Å². The molecule has 29 heavy (non-hydrogen) atoms. The Morgan fingerprint density at radius 2 is 2.00 bits per heavy atom. The van der Waals surface area contributed by atoms with E-state index in [1.54, 1.807) is 11.6 Å². The Bertz CT molecular complexity index is 1050. The lowest BCUT2D eigenvalue weighted by Gasteiger charge is -2.14. The second-order valence-electron chi connectivity index (χ2n) is 7.05. The van der Waals surface area contributed by atoms with E-state index in [0.717, 1.165) is 32.5 Å². The van der Waals surface area contributed by atoms with Crippen molar-refractivity contribution in [1.29, 1.82) is 0 Å². The number of rotatable bonds is 7. The van der Waals surface area contributed by atoms with Crippen molar-refractivity contribution in [2.75, 3.05) is 13.2 Å². The zero-order valence-electron chi connectivity index (χ0n) is 17.3. The van der Waals surface area contributed by atoms with Gasteiger partial charge >= 0.3 is 5.97 Å². The van der Waals surface area contributed by atoms with Crippen LogP contribution in [0.1, 0.15) is 34.4 Å². The fourth-order valence-corrected chi connectivity index (χ4v) is 3.68. The number of carbonyl (C=O) groups is 1. The van der Waals surface area contributed by atoms with Gasteiger partial charge < -0.3 is 19.1 Å². The van der Waals surface area contributed by atoms with Gasteiger partial charge in [0.2, 0.25) is 0 Å². The highest BCUT2D eigenvalue weighted by molar-refractivity contribution is 9.10. The minimum atomic E-state index is -0.724. The van der Waals surface area contributed by atoms with Gasteiger partial charge in [-0.05, 0) is 61.8 Å². The van der Waals surface area contributed by atoms with Gasteiger partial charge in [0.05, 0.1) is 28.9 Å². The standard InChI is InChI=1S/C21H26BrN3O4/c1-6-28-21(27)19-13(3)24(5)18-8-7-16(9-17(18)19)29-11-15(26)10-25-14(4)20(22)12(2)23-25/h7-9,15,26H,6,10-11H2,1-5H3/t15-/m1/s1. The summed E-state index contributed by atoms with van der Waals surface area (Å²) >= 11 is 3.49. The van der Waals surface area contributed by atoms with Crippen molar-refractivity contribution >= 4 is 32.8 Å². The van der Waals surface area contributed by atoms with Gasteiger partial charge in [-0.1, -0.05) is 0 Å². The number of aromatic nitrogens is 3. The van der Waals surface area contributed by atoms with E-state index < -0.39 is 6.10 Å². The molecule has 156 valence electrons. The molecule has 8 heteroatoms. The van der Waals surface area contributed by atoms with E-state index in [2.05, 4.69) is 21.0 Å². The number of benzene rings is 1. The largest absolute Gasteiger partial charge is 0.491 e. The Morgan fingerprint density at radius 3 is 2.62 bits per heavy atom. The summed E-state index contributed by atoms with van der Waals surface area (Å²) in [5, 5.41) is 15.6. The molecule has 1 N–H and O–H groups in total. The Balaban J connectivity index is 1.77. The molecule has 0 fully saturated rings. The molecule has 1 atom stereocenters. The van der Waals surface area contributed by atoms with E-state index >= 15 is 0 Å². The molecule has 0 saturated heterocycles. The number of carbonyl (C=O) groups excluding carboxylic acids is 1. The topological polar surface area (TPSA) is 78.5 Å². The smallest absolute Gasteiger partial charge is 0.340 e. The van der Waals surface area contributed by atoms with E-state index in [4.69, 9.17) is 9.47 Å². The number of aliphatic hydroxyl groups is 1. The number of nitrogens with zero attached hydrogens (tertiary/aromatic N) is 3. The van der Waals surface area contributed by atoms with Crippen LogP contribution in [0.2, 0.25) is 0 Å². The van der Waals surface area contributed by atoms with Crippen LogP contribution < -0.4 is 4.74 Å². The minimum absolute atomic E-state index is 0.113. The highest BCUT2D eigenvalue weighted by atomic mass is 79.9. The summed E-state index contributed by atoms with van der Waals surface area (Å²) in [6.45, 7) is 8.30. The van der Waals surface area contributed by atoms with Crippen LogP contribution in [-0.2, 0) is 18.3 Å². The van der Waals surface area contributed by atoms with Crippen molar-refractivity contribution in [3.05, 3.63) is 45.3 Å². The molecular weight excluding hydrogens is 438 g/mol. The number of ether oxygens (including phenoxy) is 2. The molecule has 3 aromatic rings. The molecule has 2 aromatic heterocycles. The molecule has 3 rings (SSSR count). The zero-order valence-corrected chi connectivity index (χ0v) is 18.9. The van der Waals surface area contributed by atoms with E-state index in [1.165, 1.54) is 0 Å². The van der Waals surface area contributed by atoms with Crippen molar-refractivity contribution in [2.45, 2.75) is 40.3 Å². The van der Waals surface area contributed by atoms with E-state index in [-0.39, 0.29) is 12.6 Å². The normalized spacial score (nSPS) is 12.4. The molecular formula is C21H26BrN3O4. The van der Waals surface area contributed by atoms with Gasteiger partial charge in [0.1, 0.15) is 18.5 Å². The number of esters is 1. The van der Waals surface area contributed by atoms with Crippen molar-refractivity contribution in [2.24, 2.45) is 7.05 Å².